The molecule has 0 fully saturated rings. The molecule has 62 valence electrons. The van der Waals surface area contributed by atoms with Gasteiger partial charge in [0.2, 0.25) is 0 Å². The van der Waals surface area contributed by atoms with Gasteiger partial charge >= 0.3 is 0 Å². The molecule has 0 aromatic carbocycles. The van der Waals surface area contributed by atoms with Gasteiger partial charge in [-0.05, 0) is 13.3 Å². The van der Waals surface area contributed by atoms with Crippen LogP contribution in [-0.2, 0) is 10.8 Å². The van der Waals surface area contributed by atoms with Crippen molar-refractivity contribution >= 4 is 10.8 Å². The SMILES string of the molecule is CC(N)CCS(=O)CCF. The summed E-state index contributed by atoms with van der Waals surface area (Å²) in [5, 5.41) is 0. The van der Waals surface area contributed by atoms with Crippen LogP contribution >= 0.6 is 0 Å². The fourth-order valence-electron chi connectivity index (χ4n) is 0.505. The highest BCUT2D eigenvalue weighted by atomic mass is 32.2. The molecule has 0 bridgehead atoms. The molecule has 0 radical (unpaired) electrons. The monoisotopic (exact) mass is 167 g/mol. The molecule has 0 aliphatic heterocycles. The Bertz CT molecular complexity index is 108. The summed E-state index contributed by atoms with van der Waals surface area (Å²) in [5.74, 6) is 0.689. The molecule has 0 saturated heterocycles. The van der Waals surface area contributed by atoms with E-state index in [0.29, 0.717) is 12.2 Å². The molecule has 0 spiro atoms. The molecule has 0 rings (SSSR count). The number of alkyl halides is 1. The minimum Gasteiger partial charge on any atom is -0.328 e. The highest BCUT2D eigenvalue weighted by Gasteiger charge is 2.00. The lowest BCUT2D eigenvalue weighted by Gasteiger charge is -2.02. The first-order valence-electron chi connectivity index (χ1n) is 3.33. The summed E-state index contributed by atoms with van der Waals surface area (Å²) >= 11 is 0. The van der Waals surface area contributed by atoms with Crippen LogP contribution in [0.3, 0.4) is 0 Å². The van der Waals surface area contributed by atoms with Gasteiger partial charge < -0.3 is 5.73 Å². The van der Waals surface area contributed by atoms with Crippen molar-refractivity contribution in [2.75, 3.05) is 18.2 Å². The van der Waals surface area contributed by atoms with Gasteiger partial charge in [-0.3, -0.25) is 8.60 Å². The van der Waals surface area contributed by atoms with Crippen LogP contribution in [0.4, 0.5) is 4.39 Å². The Morgan fingerprint density at radius 3 is 2.60 bits per heavy atom. The molecular formula is C6H14FNOS. The molecule has 0 aromatic heterocycles. The Morgan fingerprint density at radius 2 is 2.20 bits per heavy atom. The molecule has 2 N–H and O–H groups in total. The highest BCUT2D eigenvalue weighted by Crippen LogP contribution is 1.91. The van der Waals surface area contributed by atoms with Gasteiger partial charge in [0, 0.05) is 22.6 Å². The molecule has 2 atom stereocenters. The second-order valence-electron chi connectivity index (χ2n) is 2.30. The lowest BCUT2D eigenvalue weighted by molar-refractivity contribution is 0.528. The number of nitrogens with two attached hydrogens (primary N) is 1. The van der Waals surface area contributed by atoms with Gasteiger partial charge in [-0.1, -0.05) is 0 Å². The molecule has 0 amide bonds. The fraction of sp³-hybridized carbons (Fsp3) is 1.00. The van der Waals surface area contributed by atoms with E-state index < -0.39 is 17.5 Å². The van der Waals surface area contributed by atoms with Crippen molar-refractivity contribution in [3.63, 3.8) is 0 Å². The van der Waals surface area contributed by atoms with E-state index in [4.69, 9.17) is 5.73 Å². The van der Waals surface area contributed by atoms with E-state index in [1.807, 2.05) is 6.92 Å². The van der Waals surface area contributed by atoms with E-state index in [1.165, 1.54) is 0 Å². The molecule has 2 nitrogen and oxygen atoms in total. The van der Waals surface area contributed by atoms with Crippen LogP contribution < -0.4 is 5.73 Å². The van der Waals surface area contributed by atoms with Crippen LogP contribution in [0.1, 0.15) is 13.3 Å². The van der Waals surface area contributed by atoms with Gasteiger partial charge in [-0.25, -0.2) is 0 Å². The van der Waals surface area contributed by atoms with Crippen molar-refractivity contribution in [3.8, 4) is 0 Å². The first-order chi connectivity index (χ1) is 4.66. The summed E-state index contributed by atoms with van der Waals surface area (Å²) in [6, 6.07) is 0.0727. The molecule has 4 heteroatoms. The minimum absolute atomic E-state index is 0.0727. The zero-order valence-electron chi connectivity index (χ0n) is 6.18. The fourth-order valence-corrected chi connectivity index (χ4v) is 1.52. The number of hydrogen-bond acceptors (Lipinski definition) is 2. The maximum Gasteiger partial charge on any atom is 0.101 e. The molecular weight excluding hydrogens is 153 g/mol. The number of hydrogen-bond donors (Lipinski definition) is 1. The topological polar surface area (TPSA) is 43.1 Å². The van der Waals surface area contributed by atoms with Crippen LogP contribution in [0.25, 0.3) is 0 Å². The third kappa shape index (κ3) is 6.16. The third-order valence-corrected chi connectivity index (χ3v) is 2.41. The quantitative estimate of drug-likeness (QED) is 0.645. The van der Waals surface area contributed by atoms with Gasteiger partial charge in [-0.15, -0.1) is 0 Å². The van der Waals surface area contributed by atoms with Crippen molar-refractivity contribution in [3.05, 3.63) is 0 Å². The first-order valence-corrected chi connectivity index (χ1v) is 4.82. The van der Waals surface area contributed by atoms with Crippen LogP contribution in [0.15, 0.2) is 0 Å². The largest absolute Gasteiger partial charge is 0.328 e. The van der Waals surface area contributed by atoms with Gasteiger partial charge in [-0.2, -0.15) is 0 Å². The Labute approximate surface area is 63.4 Å². The second kappa shape index (κ2) is 5.80. The minimum atomic E-state index is -0.996. The lowest BCUT2D eigenvalue weighted by Crippen LogP contribution is -2.18. The van der Waals surface area contributed by atoms with Gasteiger partial charge in [0.05, 0.1) is 5.75 Å². The van der Waals surface area contributed by atoms with Crippen molar-refractivity contribution in [2.24, 2.45) is 5.73 Å². The maximum absolute atomic E-state index is 11.5. The smallest absolute Gasteiger partial charge is 0.101 e. The summed E-state index contributed by atoms with van der Waals surface area (Å²) in [7, 11) is -0.996. The van der Waals surface area contributed by atoms with Crippen LogP contribution in [0.5, 0.6) is 0 Å². The van der Waals surface area contributed by atoms with Crippen LogP contribution in [0.2, 0.25) is 0 Å². The average molecular weight is 167 g/mol. The average Bonchev–Trinajstić information content (AvgIpc) is 1.85. The zero-order valence-corrected chi connectivity index (χ0v) is 6.99. The molecule has 0 aromatic rings. The number of halogens is 1. The van der Waals surface area contributed by atoms with E-state index in [0.717, 1.165) is 0 Å². The van der Waals surface area contributed by atoms with Crippen molar-refractivity contribution < 1.29 is 8.60 Å². The van der Waals surface area contributed by atoms with Crippen LogP contribution in [0, 0.1) is 0 Å². The van der Waals surface area contributed by atoms with Gasteiger partial charge in [0.15, 0.2) is 0 Å². The van der Waals surface area contributed by atoms with Crippen molar-refractivity contribution in [1.82, 2.24) is 0 Å². The number of rotatable bonds is 5. The Morgan fingerprint density at radius 1 is 1.60 bits per heavy atom. The molecule has 0 aliphatic rings. The van der Waals surface area contributed by atoms with Crippen molar-refractivity contribution in [1.29, 1.82) is 0 Å². The summed E-state index contributed by atoms with van der Waals surface area (Å²) in [6.45, 7) is 1.36. The zero-order chi connectivity index (χ0) is 7.98. The molecule has 0 saturated carbocycles. The molecule has 0 aliphatic carbocycles. The Balaban J connectivity index is 3.22. The van der Waals surface area contributed by atoms with E-state index >= 15 is 0 Å². The molecule has 10 heavy (non-hydrogen) atoms. The van der Waals surface area contributed by atoms with Gasteiger partial charge in [0.25, 0.3) is 0 Å². The Kier molecular flexibility index (Phi) is 5.82. The Hall–Kier alpha value is 0.0400. The highest BCUT2D eigenvalue weighted by molar-refractivity contribution is 7.84. The summed E-state index contributed by atoms with van der Waals surface area (Å²) < 4.78 is 22.3. The predicted octanol–water partition coefficient (Wildman–Crippen LogP) is 0.442. The lowest BCUT2D eigenvalue weighted by atomic mass is 10.3. The standard InChI is InChI=1S/C6H14FNOS/c1-6(8)2-4-10(9)5-3-7/h6H,2-5,8H2,1H3. The summed E-state index contributed by atoms with van der Waals surface area (Å²) in [4.78, 5) is 0. The van der Waals surface area contributed by atoms with E-state index in [2.05, 4.69) is 0 Å². The summed E-state index contributed by atoms with van der Waals surface area (Å²) in [5.41, 5.74) is 5.41. The summed E-state index contributed by atoms with van der Waals surface area (Å²) in [6.07, 6.45) is 0.715. The maximum atomic E-state index is 11.5. The van der Waals surface area contributed by atoms with E-state index in [9.17, 15) is 8.60 Å². The third-order valence-electron chi connectivity index (χ3n) is 1.11. The normalized spacial score (nSPS) is 16.7. The van der Waals surface area contributed by atoms with Crippen LogP contribution in [-0.4, -0.2) is 28.4 Å². The van der Waals surface area contributed by atoms with Gasteiger partial charge in [0.1, 0.15) is 6.67 Å². The first kappa shape index (κ1) is 10.0. The molecule has 0 heterocycles. The molecule has 2 unspecified atom stereocenters. The van der Waals surface area contributed by atoms with E-state index in [-0.39, 0.29) is 11.8 Å². The van der Waals surface area contributed by atoms with E-state index in [1.54, 1.807) is 0 Å². The second-order valence-corrected chi connectivity index (χ2v) is 4.00. The predicted molar refractivity (Wildman–Crippen MR) is 42.1 cm³/mol. The van der Waals surface area contributed by atoms with Crippen molar-refractivity contribution in [2.45, 2.75) is 19.4 Å².